The average molecular weight is 350 g/mol. The number of nitrogens with zero attached hydrogens (tertiary/aromatic N) is 1. The van der Waals surface area contributed by atoms with Gasteiger partial charge in [0.2, 0.25) is 0 Å². The van der Waals surface area contributed by atoms with E-state index in [-0.39, 0.29) is 5.91 Å². The molecule has 0 aromatic heterocycles. The maximum atomic E-state index is 12.5. The molecule has 2 fully saturated rings. The quantitative estimate of drug-likeness (QED) is 0.818. The van der Waals surface area contributed by atoms with E-state index >= 15 is 0 Å². The minimum atomic E-state index is 0.101. The van der Waals surface area contributed by atoms with Crippen LogP contribution in [0.4, 0.5) is 5.69 Å². The van der Waals surface area contributed by atoms with Crippen molar-refractivity contribution in [2.45, 2.75) is 44.6 Å². The lowest BCUT2D eigenvalue weighted by atomic mass is 10.2. The van der Waals surface area contributed by atoms with Crippen molar-refractivity contribution in [3.63, 3.8) is 0 Å². The van der Waals surface area contributed by atoms with Crippen LogP contribution >= 0.6 is 0 Å². The van der Waals surface area contributed by atoms with Gasteiger partial charge in [0.05, 0.1) is 0 Å². The molecular formula is C22H26N2O2. The van der Waals surface area contributed by atoms with Crippen molar-refractivity contribution < 1.29 is 9.53 Å². The molecule has 0 spiro atoms. The van der Waals surface area contributed by atoms with Crippen molar-refractivity contribution in [3.05, 3.63) is 54.1 Å². The molecule has 1 saturated carbocycles. The molecule has 4 nitrogen and oxygen atoms in total. The zero-order chi connectivity index (χ0) is 17.8. The summed E-state index contributed by atoms with van der Waals surface area (Å²) in [4.78, 5) is 14.4. The molecule has 1 amide bonds. The summed E-state index contributed by atoms with van der Waals surface area (Å²) in [6.07, 6.45) is 7.37. The lowest BCUT2D eigenvalue weighted by Gasteiger charge is -2.16. The van der Waals surface area contributed by atoms with Crippen LogP contribution in [0.5, 0.6) is 11.5 Å². The molecule has 2 aromatic rings. The third-order valence-electron chi connectivity index (χ3n) is 5.29. The highest BCUT2D eigenvalue weighted by Gasteiger charge is 2.19. The van der Waals surface area contributed by atoms with Gasteiger partial charge < -0.3 is 15.0 Å². The van der Waals surface area contributed by atoms with E-state index in [9.17, 15) is 4.79 Å². The standard InChI is InChI=1S/C22H26N2O2/c25-22(24-14-3-4-15-24)17-6-5-9-21(16-17)26-20-12-10-19(11-13-20)23-18-7-1-2-8-18/h5-6,9-13,16,18,23H,1-4,7-8,14-15H2. The molecule has 1 saturated heterocycles. The Morgan fingerprint density at radius 2 is 1.65 bits per heavy atom. The first-order valence-corrected chi connectivity index (χ1v) is 9.72. The molecule has 4 rings (SSSR count). The van der Waals surface area contributed by atoms with E-state index in [0.29, 0.717) is 17.4 Å². The van der Waals surface area contributed by atoms with Gasteiger partial charge in [-0.1, -0.05) is 18.9 Å². The first kappa shape index (κ1) is 17.0. The van der Waals surface area contributed by atoms with Crippen LogP contribution in [-0.4, -0.2) is 29.9 Å². The number of rotatable bonds is 5. The lowest BCUT2D eigenvalue weighted by molar-refractivity contribution is 0.0792. The van der Waals surface area contributed by atoms with Crippen LogP contribution in [0.25, 0.3) is 0 Å². The molecule has 0 radical (unpaired) electrons. The number of nitrogens with one attached hydrogen (secondary N) is 1. The van der Waals surface area contributed by atoms with E-state index in [1.54, 1.807) is 0 Å². The largest absolute Gasteiger partial charge is 0.457 e. The molecular weight excluding hydrogens is 324 g/mol. The molecule has 2 aliphatic rings. The second kappa shape index (κ2) is 7.81. The van der Waals surface area contributed by atoms with Crippen molar-refractivity contribution in [2.24, 2.45) is 0 Å². The fraction of sp³-hybridized carbons (Fsp3) is 0.409. The van der Waals surface area contributed by atoms with Gasteiger partial charge in [0.25, 0.3) is 5.91 Å². The summed E-state index contributed by atoms with van der Waals surface area (Å²) in [5, 5.41) is 3.58. The third-order valence-corrected chi connectivity index (χ3v) is 5.29. The van der Waals surface area contributed by atoms with Crippen molar-refractivity contribution in [1.82, 2.24) is 4.90 Å². The van der Waals surface area contributed by atoms with Gasteiger partial charge in [-0.05, 0) is 68.1 Å². The normalized spacial score (nSPS) is 17.5. The smallest absolute Gasteiger partial charge is 0.253 e. The number of likely N-dealkylation sites (tertiary alicyclic amines) is 1. The number of ether oxygens (including phenoxy) is 1. The highest BCUT2D eigenvalue weighted by atomic mass is 16.5. The number of hydrogen-bond acceptors (Lipinski definition) is 3. The first-order valence-electron chi connectivity index (χ1n) is 9.72. The van der Waals surface area contributed by atoms with Crippen molar-refractivity contribution in [2.75, 3.05) is 18.4 Å². The molecule has 4 heteroatoms. The van der Waals surface area contributed by atoms with Gasteiger partial charge in [-0.3, -0.25) is 4.79 Å². The Hall–Kier alpha value is -2.49. The molecule has 1 N–H and O–H groups in total. The van der Waals surface area contributed by atoms with Crippen LogP contribution in [0.15, 0.2) is 48.5 Å². The van der Waals surface area contributed by atoms with Gasteiger partial charge in [0.15, 0.2) is 0 Å². The number of carbonyl (C=O) groups excluding carboxylic acids is 1. The van der Waals surface area contributed by atoms with Crippen molar-refractivity contribution in [3.8, 4) is 11.5 Å². The van der Waals surface area contributed by atoms with Gasteiger partial charge in [-0.15, -0.1) is 0 Å². The van der Waals surface area contributed by atoms with Gasteiger partial charge in [-0.2, -0.15) is 0 Å². The van der Waals surface area contributed by atoms with Crippen molar-refractivity contribution >= 4 is 11.6 Å². The average Bonchev–Trinajstić information content (AvgIpc) is 3.37. The van der Waals surface area contributed by atoms with Crippen LogP contribution in [-0.2, 0) is 0 Å². The number of amides is 1. The zero-order valence-electron chi connectivity index (χ0n) is 15.1. The number of carbonyl (C=O) groups is 1. The summed E-state index contributed by atoms with van der Waals surface area (Å²) in [5.74, 6) is 1.59. The molecule has 136 valence electrons. The van der Waals surface area contributed by atoms with Crippen LogP contribution in [0.2, 0.25) is 0 Å². The molecule has 0 bridgehead atoms. The van der Waals surface area contributed by atoms with E-state index in [4.69, 9.17) is 4.74 Å². The van der Waals surface area contributed by atoms with Crippen LogP contribution < -0.4 is 10.1 Å². The second-order valence-electron chi connectivity index (χ2n) is 7.28. The minimum absolute atomic E-state index is 0.101. The summed E-state index contributed by atoms with van der Waals surface area (Å²) in [5.41, 5.74) is 1.84. The summed E-state index contributed by atoms with van der Waals surface area (Å²) < 4.78 is 5.96. The zero-order valence-corrected chi connectivity index (χ0v) is 15.1. The topological polar surface area (TPSA) is 41.6 Å². The maximum Gasteiger partial charge on any atom is 0.253 e. The summed E-state index contributed by atoms with van der Waals surface area (Å²) in [6.45, 7) is 1.72. The molecule has 2 aromatic carbocycles. The van der Waals surface area contributed by atoms with Crippen LogP contribution in [0, 0.1) is 0 Å². The molecule has 0 unspecified atom stereocenters. The van der Waals surface area contributed by atoms with Gasteiger partial charge in [0.1, 0.15) is 11.5 Å². The minimum Gasteiger partial charge on any atom is -0.457 e. The molecule has 0 atom stereocenters. The highest BCUT2D eigenvalue weighted by molar-refractivity contribution is 5.94. The Morgan fingerprint density at radius 1 is 0.923 bits per heavy atom. The summed E-state index contributed by atoms with van der Waals surface area (Å²) in [6, 6.07) is 16.2. The highest BCUT2D eigenvalue weighted by Crippen LogP contribution is 2.27. The Balaban J connectivity index is 1.40. The summed E-state index contributed by atoms with van der Waals surface area (Å²) in [7, 11) is 0. The van der Waals surface area contributed by atoms with E-state index in [0.717, 1.165) is 37.4 Å². The Labute approximate surface area is 155 Å². The molecule has 1 heterocycles. The SMILES string of the molecule is O=C(c1cccc(Oc2ccc(NC3CCCC3)cc2)c1)N1CCCC1. The van der Waals surface area contributed by atoms with Gasteiger partial charge >= 0.3 is 0 Å². The number of benzene rings is 2. The Morgan fingerprint density at radius 3 is 2.38 bits per heavy atom. The Bertz CT molecular complexity index is 745. The first-order chi connectivity index (χ1) is 12.8. The summed E-state index contributed by atoms with van der Waals surface area (Å²) >= 11 is 0. The molecule has 1 aliphatic heterocycles. The molecule has 1 aliphatic carbocycles. The Kier molecular flexibility index (Phi) is 5.09. The predicted molar refractivity (Wildman–Crippen MR) is 104 cm³/mol. The fourth-order valence-electron chi connectivity index (χ4n) is 3.86. The van der Waals surface area contributed by atoms with E-state index in [2.05, 4.69) is 17.4 Å². The monoisotopic (exact) mass is 350 g/mol. The lowest BCUT2D eigenvalue weighted by Crippen LogP contribution is -2.27. The predicted octanol–water partition coefficient (Wildman–Crippen LogP) is 5.07. The van der Waals surface area contributed by atoms with E-state index in [1.165, 1.54) is 25.7 Å². The maximum absolute atomic E-state index is 12.5. The van der Waals surface area contributed by atoms with E-state index in [1.807, 2.05) is 41.3 Å². The van der Waals surface area contributed by atoms with Crippen molar-refractivity contribution in [1.29, 1.82) is 0 Å². The molecule has 26 heavy (non-hydrogen) atoms. The third kappa shape index (κ3) is 4.01. The second-order valence-corrected chi connectivity index (χ2v) is 7.28. The van der Waals surface area contributed by atoms with Crippen LogP contribution in [0.3, 0.4) is 0 Å². The van der Waals surface area contributed by atoms with E-state index < -0.39 is 0 Å². The number of anilines is 1. The van der Waals surface area contributed by atoms with Gasteiger partial charge in [0, 0.05) is 30.4 Å². The van der Waals surface area contributed by atoms with Gasteiger partial charge in [-0.25, -0.2) is 0 Å². The van der Waals surface area contributed by atoms with Crippen LogP contribution in [0.1, 0.15) is 48.9 Å². The fourth-order valence-corrected chi connectivity index (χ4v) is 3.86. The number of hydrogen-bond donors (Lipinski definition) is 1.